The summed E-state index contributed by atoms with van der Waals surface area (Å²) >= 11 is 0. The van der Waals surface area contributed by atoms with Crippen LogP contribution in [0.1, 0.15) is 11.1 Å². The zero-order chi connectivity index (χ0) is 9.19. The summed E-state index contributed by atoms with van der Waals surface area (Å²) in [5.41, 5.74) is -0.616. The number of carbonyl (C=O) groups excluding carboxylic acids is 1. The van der Waals surface area contributed by atoms with Gasteiger partial charge in [0.05, 0.1) is 11.1 Å². The molecule has 0 aliphatic heterocycles. The Balaban J connectivity index is 3.10. The van der Waals surface area contributed by atoms with Gasteiger partial charge in [0.25, 0.3) is 0 Å². The number of hydrogen-bond donors (Lipinski definition) is 0. The summed E-state index contributed by atoms with van der Waals surface area (Å²) in [5.74, 6) is 0. The highest BCUT2D eigenvalue weighted by Gasteiger charge is 2.30. The molecule has 0 saturated heterocycles. The lowest BCUT2D eigenvalue weighted by molar-refractivity contribution is -0.137. The lowest BCUT2D eigenvalue weighted by Gasteiger charge is -2.04. The van der Waals surface area contributed by atoms with Gasteiger partial charge in [-0.1, -0.05) is 6.07 Å². The second-order valence-corrected chi connectivity index (χ2v) is 2.25. The lowest BCUT2D eigenvalue weighted by Crippen LogP contribution is -2.04. The number of benzene rings is 1. The van der Waals surface area contributed by atoms with E-state index in [1.54, 1.807) is 0 Å². The van der Waals surface area contributed by atoms with Gasteiger partial charge in [-0.3, -0.25) is 4.79 Å². The first-order chi connectivity index (χ1) is 5.54. The molecule has 1 N–H and O–H groups in total. The minimum Gasteiger partial charge on any atom is -0.281 e. The van der Waals surface area contributed by atoms with E-state index in [2.05, 4.69) is 0 Å². The molecule has 0 radical (unpaired) electrons. The molecule has 0 aromatic heterocycles. The first kappa shape index (κ1) is 8.77. The van der Waals surface area contributed by atoms with Crippen LogP contribution in [0, 0.1) is 0 Å². The first-order valence-electron chi connectivity index (χ1n) is 3.19. The van der Waals surface area contributed by atoms with Gasteiger partial charge >= 0.3 is 12.5 Å². The van der Waals surface area contributed by atoms with Crippen molar-refractivity contribution in [3.63, 3.8) is 0 Å². The fourth-order valence-electron chi connectivity index (χ4n) is 0.795. The predicted octanol–water partition coefficient (Wildman–Crippen LogP) is 2.23. The maximum atomic E-state index is 12.0. The molecule has 0 amide bonds. The molecular weight excluding hydrogens is 169 g/mol. The van der Waals surface area contributed by atoms with E-state index in [9.17, 15) is 13.2 Å². The smallest absolute Gasteiger partial charge is 0.281 e. The quantitative estimate of drug-likeness (QED) is 0.461. The van der Waals surface area contributed by atoms with Gasteiger partial charge in [0.2, 0.25) is 0 Å². The van der Waals surface area contributed by atoms with Crippen LogP contribution in [-0.4, -0.2) is 11.1 Å². The van der Waals surface area contributed by atoms with Crippen molar-refractivity contribution in [3.05, 3.63) is 35.4 Å². The third-order valence-electron chi connectivity index (χ3n) is 1.36. The Morgan fingerprint density at radius 1 is 1.25 bits per heavy atom. The van der Waals surface area contributed by atoms with Crippen LogP contribution >= 0.6 is 0 Å². The molecule has 0 saturated carbocycles. The summed E-state index contributed by atoms with van der Waals surface area (Å²) < 4.78 is 36.0. The summed E-state index contributed by atoms with van der Waals surface area (Å²) in [6.45, 7) is 0. The molecule has 0 atom stereocenters. The van der Waals surface area contributed by atoms with Crippen LogP contribution in [0.5, 0.6) is 0 Å². The molecule has 0 fully saturated rings. The van der Waals surface area contributed by atoms with Crippen molar-refractivity contribution < 1.29 is 18.0 Å². The Kier molecular flexibility index (Phi) is 2.17. The number of hydrogen-bond acceptors (Lipinski definition) is 0. The van der Waals surface area contributed by atoms with Crippen molar-refractivity contribution >= 4 is 6.29 Å². The predicted molar refractivity (Wildman–Crippen MR) is 38.5 cm³/mol. The van der Waals surface area contributed by atoms with E-state index in [0.29, 0.717) is 6.29 Å². The van der Waals surface area contributed by atoms with E-state index in [-0.39, 0.29) is 5.56 Å². The van der Waals surface area contributed by atoms with Crippen molar-refractivity contribution in [2.45, 2.75) is 6.18 Å². The Morgan fingerprint density at radius 2 is 1.92 bits per heavy atom. The van der Waals surface area contributed by atoms with Crippen LogP contribution in [0.15, 0.2) is 24.3 Å². The van der Waals surface area contributed by atoms with Crippen molar-refractivity contribution in [1.29, 1.82) is 0 Å². The average Bonchev–Trinajstić information content (AvgIpc) is 2.03. The number of aldehydes is 1. The van der Waals surface area contributed by atoms with Crippen molar-refractivity contribution in [3.8, 4) is 0 Å². The lowest BCUT2D eigenvalue weighted by atomic mass is 10.1. The molecule has 0 aliphatic carbocycles. The summed E-state index contributed by atoms with van der Waals surface area (Å²) in [6, 6.07) is 4.45. The molecule has 1 nitrogen and oxygen atoms in total. The van der Waals surface area contributed by atoms with Gasteiger partial charge in [0.1, 0.15) is 0 Å². The number of rotatable bonds is 1. The largest absolute Gasteiger partial charge is 0.416 e. The highest BCUT2D eigenvalue weighted by atomic mass is 19.4. The number of halogens is 3. The van der Waals surface area contributed by atoms with Crippen LogP contribution in [0.4, 0.5) is 13.2 Å². The molecule has 0 spiro atoms. The third kappa shape index (κ3) is 1.84. The minimum absolute atomic E-state index is 0.143. The van der Waals surface area contributed by atoms with E-state index in [0.717, 1.165) is 12.1 Å². The maximum Gasteiger partial charge on any atom is 0.416 e. The topological polar surface area (TPSA) is 21.4 Å². The minimum atomic E-state index is -4.35. The summed E-state index contributed by atoms with van der Waals surface area (Å²) in [4.78, 5) is 8.44. The van der Waals surface area contributed by atoms with Crippen LogP contribution < -0.4 is 0 Å². The van der Waals surface area contributed by atoms with Crippen molar-refractivity contribution in [2.75, 3.05) is 0 Å². The fraction of sp³-hybridized carbons (Fsp3) is 0.125. The van der Waals surface area contributed by atoms with Gasteiger partial charge in [0.15, 0.2) is 0 Å². The van der Waals surface area contributed by atoms with Crippen molar-refractivity contribution in [2.24, 2.45) is 0 Å². The Labute approximate surface area is 66.8 Å². The normalized spacial score (nSPS) is 11.2. The molecule has 0 heterocycles. The van der Waals surface area contributed by atoms with Gasteiger partial charge in [-0.25, -0.2) is 0 Å². The molecule has 12 heavy (non-hydrogen) atoms. The molecular formula is C8H6F3O+. The summed E-state index contributed by atoms with van der Waals surface area (Å²) in [5, 5.41) is 0. The van der Waals surface area contributed by atoms with E-state index in [1.807, 2.05) is 0 Å². The highest BCUT2D eigenvalue weighted by Crippen LogP contribution is 2.29. The molecule has 64 valence electrons. The fourth-order valence-corrected chi connectivity index (χ4v) is 0.795. The zero-order valence-corrected chi connectivity index (χ0v) is 5.97. The Hall–Kier alpha value is -1.32. The molecule has 1 rings (SSSR count). The number of alkyl halides is 3. The third-order valence-corrected chi connectivity index (χ3v) is 1.36. The van der Waals surface area contributed by atoms with Crippen LogP contribution in [0.2, 0.25) is 0 Å². The van der Waals surface area contributed by atoms with E-state index in [1.165, 1.54) is 12.1 Å². The van der Waals surface area contributed by atoms with Gasteiger partial charge in [-0.05, 0) is 18.2 Å². The molecule has 0 bridgehead atoms. The second kappa shape index (κ2) is 2.97. The molecule has 0 aliphatic rings. The summed E-state index contributed by atoms with van der Waals surface area (Å²) in [7, 11) is 0. The summed E-state index contributed by atoms with van der Waals surface area (Å²) in [6.07, 6.45) is -3.71. The van der Waals surface area contributed by atoms with E-state index >= 15 is 0 Å². The van der Waals surface area contributed by atoms with Gasteiger partial charge in [-0.15, -0.1) is 0 Å². The van der Waals surface area contributed by atoms with Crippen LogP contribution in [0.3, 0.4) is 0 Å². The highest BCUT2D eigenvalue weighted by molar-refractivity contribution is 5.75. The van der Waals surface area contributed by atoms with E-state index in [4.69, 9.17) is 4.79 Å². The monoisotopic (exact) mass is 175 g/mol. The average molecular weight is 175 g/mol. The standard InChI is InChI=1S/C8H5F3O/c9-8(10,11)7-3-1-2-6(4-7)5-12/h1-5H/p+1. The van der Waals surface area contributed by atoms with Gasteiger partial charge in [0, 0.05) is 0 Å². The van der Waals surface area contributed by atoms with Gasteiger partial charge in [-0.2, -0.15) is 13.2 Å². The molecule has 0 unspecified atom stereocenters. The first-order valence-corrected chi connectivity index (χ1v) is 3.19. The SMILES string of the molecule is [OH+]=Cc1cccc(C(F)(F)F)c1. The van der Waals surface area contributed by atoms with E-state index < -0.39 is 11.7 Å². The Bertz CT molecular complexity index is 291. The molecule has 1 aromatic carbocycles. The molecule has 4 heteroatoms. The molecule has 1 aromatic rings. The maximum absolute atomic E-state index is 12.0. The second-order valence-electron chi connectivity index (χ2n) is 2.25. The van der Waals surface area contributed by atoms with Crippen LogP contribution in [-0.2, 0) is 6.18 Å². The zero-order valence-electron chi connectivity index (χ0n) is 5.97. The Morgan fingerprint density at radius 3 is 2.42 bits per heavy atom. The van der Waals surface area contributed by atoms with Gasteiger partial charge < -0.3 is 0 Å². The van der Waals surface area contributed by atoms with Crippen LogP contribution in [0.25, 0.3) is 0 Å². The van der Waals surface area contributed by atoms with Crippen molar-refractivity contribution in [1.82, 2.24) is 0 Å².